The predicted octanol–water partition coefficient (Wildman–Crippen LogP) is 1.48. The third-order valence-electron chi connectivity index (χ3n) is 2.77. The molecule has 26 heavy (non-hydrogen) atoms. The van der Waals surface area contributed by atoms with E-state index in [1.54, 1.807) is 12.1 Å². The second-order valence-corrected chi connectivity index (χ2v) is 5.25. The highest BCUT2D eigenvalue weighted by Crippen LogP contribution is 2.19. The molecule has 10 nitrogen and oxygen atoms in total. The van der Waals surface area contributed by atoms with Crippen molar-refractivity contribution >= 4 is 33.8 Å². The molecule has 0 radical (unpaired) electrons. The van der Waals surface area contributed by atoms with Crippen molar-refractivity contribution in [3.8, 4) is 5.75 Å². The first-order valence-electron chi connectivity index (χ1n) is 7.43. The summed E-state index contributed by atoms with van der Waals surface area (Å²) in [6.07, 6.45) is 0.829. The first kappa shape index (κ1) is 22.0. The summed E-state index contributed by atoms with van der Waals surface area (Å²) in [5.41, 5.74) is 0.00399. The zero-order chi connectivity index (χ0) is 19.4. The minimum absolute atomic E-state index is 0.00399. The number of ether oxygens (including phenoxy) is 3. The van der Waals surface area contributed by atoms with E-state index in [-0.39, 0.29) is 29.9 Å². The maximum absolute atomic E-state index is 12.0. The number of nitrogens with zero attached hydrogens (tertiary/aromatic N) is 1. The number of alkyl halides is 1. The van der Waals surface area contributed by atoms with Crippen molar-refractivity contribution in [1.29, 1.82) is 0 Å². The van der Waals surface area contributed by atoms with E-state index in [1.807, 2.05) is 0 Å². The SMILES string of the molecule is O=C(COC(=O)c1ccccc1OC(=O)CBr)OCCCCON(O)O. The fourth-order valence-corrected chi connectivity index (χ4v) is 1.77. The molecule has 0 bridgehead atoms. The van der Waals surface area contributed by atoms with Gasteiger partial charge in [-0.3, -0.25) is 20.0 Å². The minimum atomic E-state index is -0.834. The van der Waals surface area contributed by atoms with E-state index in [1.165, 1.54) is 12.1 Å². The van der Waals surface area contributed by atoms with Crippen LogP contribution < -0.4 is 4.74 Å². The molecule has 144 valence electrons. The highest BCUT2D eigenvalue weighted by atomic mass is 79.9. The van der Waals surface area contributed by atoms with Crippen LogP contribution >= 0.6 is 15.9 Å². The Kier molecular flexibility index (Phi) is 10.4. The van der Waals surface area contributed by atoms with Crippen molar-refractivity contribution < 1.29 is 43.8 Å². The standard InChI is InChI=1S/C15H18BrNO9/c16-9-13(18)26-12-6-2-1-5-11(12)15(20)24-10-14(19)23-7-3-4-8-25-17(21)22/h1-2,5-6,21-22H,3-4,7-10H2. The van der Waals surface area contributed by atoms with Gasteiger partial charge in [0.2, 0.25) is 0 Å². The summed E-state index contributed by atoms with van der Waals surface area (Å²) in [5, 5.41) is 16.2. The van der Waals surface area contributed by atoms with Gasteiger partial charge in [-0.15, -0.1) is 0 Å². The number of para-hydroxylation sites is 1. The van der Waals surface area contributed by atoms with E-state index >= 15 is 0 Å². The van der Waals surface area contributed by atoms with Crippen molar-refractivity contribution in [1.82, 2.24) is 5.39 Å². The van der Waals surface area contributed by atoms with Crippen LogP contribution in [0.4, 0.5) is 0 Å². The molecule has 0 aromatic heterocycles. The van der Waals surface area contributed by atoms with E-state index in [2.05, 4.69) is 20.8 Å². The van der Waals surface area contributed by atoms with Crippen molar-refractivity contribution in [2.45, 2.75) is 12.8 Å². The van der Waals surface area contributed by atoms with Crippen LogP contribution in [0.25, 0.3) is 0 Å². The quantitative estimate of drug-likeness (QED) is 0.173. The van der Waals surface area contributed by atoms with Gasteiger partial charge >= 0.3 is 17.9 Å². The van der Waals surface area contributed by atoms with Crippen LogP contribution in [0.3, 0.4) is 0 Å². The fourth-order valence-electron chi connectivity index (χ4n) is 1.65. The molecule has 1 aromatic rings. The van der Waals surface area contributed by atoms with E-state index < -0.39 is 29.9 Å². The number of esters is 3. The summed E-state index contributed by atoms with van der Waals surface area (Å²) in [4.78, 5) is 39.2. The average molecular weight is 436 g/mol. The Bertz CT molecular complexity index is 609. The molecule has 0 atom stereocenters. The van der Waals surface area contributed by atoms with Gasteiger partial charge in [0.1, 0.15) is 16.6 Å². The van der Waals surface area contributed by atoms with Gasteiger partial charge < -0.3 is 14.2 Å². The van der Waals surface area contributed by atoms with Crippen molar-refractivity contribution in [2.75, 3.05) is 25.2 Å². The molecule has 0 aliphatic heterocycles. The van der Waals surface area contributed by atoms with E-state index in [4.69, 9.17) is 24.6 Å². The first-order chi connectivity index (χ1) is 12.4. The minimum Gasteiger partial charge on any atom is -0.463 e. The highest BCUT2D eigenvalue weighted by molar-refractivity contribution is 9.09. The van der Waals surface area contributed by atoms with Gasteiger partial charge in [-0.2, -0.15) is 0 Å². The topological polar surface area (TPSA) is 132 Å². The smallest absolute Gasteiger partial charge is 0.344 e. The van der Waals surface area contributed by atoms with Crippen LogP contribution in [0.15, 0.2) is 24.3 Å². The molecule has 1 aromatic carbocycles. The maximum Gasteiger partial charge on any atom is 0.344 e. The molecule has 0 saturated heterocycles. The van der Waals surface area contributed by atoms with Crippen LogP contribution in [-0.4, -0.2) is 58.9 Å². The van der Waals surface area contributed by atoms with Crippen LogP contribution in [0.2, 0.25) is 0 Å². The van der Waals surface area contributed by atoms with Gasteiger partial charge in [-0.1, -0.05) is 28.1 Å². The molecule has 0 aliphatic rings. The number of benzene rings is 1. The maximum atomic E-state index is 12.0. The largest absolute Gasteiger partial charge is 0.463 e. The third kappa shape index (κ3) is 8.87. The molecule has 2 N–H and O–H groups in total. The molecular formula is C15H18BrNO9. The monoisotopic (exact) mass is 435 g/mol. The number of halogens is 1. The van der Waals surface area contributed by atoms with Crippen LogP contribution in [0, 0.1) is 0 Å². The van der Waals surface area contributed by atoms with Crippen molar-refractivity contribution in [3.63, 3.8) is 0 Å². The lowest BCUT2D eigenvalue weighted by molar-refractivity contribution is -0.492. The molecule has 0 aliphatic carbocycles. The van der Waals surface area contributed by atoms with Crippen molar-refractivity contribution in [3.05, 3.63) is 29.8 Å². The Balaban J connectivity index is 2.35. The van der Waals surface area contributed by atoms with E-state index in [0.29, 0.717) is 12.8 Å². The Morgan fingerprint density at radius 1 is 1.00 bits per heavy atom. The molecule has 11 heteroatoms. The molecule has 1 rings (SSSR count). The molecule has 0 amide bonds. The lowest BCUT2D eigenvalue weighted by Gasteiger charge is -2.09. The molecule has 0 fully saturated rings. The molecule has 0 saturated carbocycles. The number of hydrogen-bond acceptors (Lipinski definition) is 10. The van der Waals surface area contributed by atoms with Crippen molar-refractivity contribution in [2.24, 2.45) is 0 Å². The number of carbonyl (C=O) groups is 3. The summed E-state index contributed by atoms with van der Waals surface area (Å²) in [5.74, 6) is -2.14. The fraction of sp³-hybridized carbons (Fsp3) is 0.400. The predicted molar refractivity (Wildman–Crippen MR) is 87.7 cm³/mol. The first-order valence-corrected chi connectivity index (χ1v) is 8.55. The van der Waals surface area contributed by atoms with Crippen LogP contribution in [0.5, 0.6) is 5.75 Å². The molecule has 0 heterocycles. The summed E-state index contributed by atoms with van der Waals surface area (Å²) in [6, 6.07) is 5.97. The summed E-state index contributed by atoms with van der Waals surface area (Å²) in [7, 11) is 0. The molecule has 0 unspecified atom stereocenters. The average Bonchev–Trinajstić information content (AvgIpc) is 2.62. The Hall–Kier alpha value is -2.05. The normalized spacial score (nSPS) is 10.5. The number of carbonyl (C=O) groups excluding carboxylic acids is 3. The zero-order valence-corrected chi connectivity index (χ0v) is 15.2. The lowest BCUT2D eigenvalue weighted by Crippen LogP contribution is -2.19. The second-order valence-electron chi connectivity index (χ2n) is 4.69. The number of unbranched alkanes of at least 4 members (excludes halogenated alkanes) is 1. The Morgan fingerprint density at radius 2 is 1.69 bits per heavy atom. The summed E-state index contributed by atoms with van der Waals surface area (Å²) in [6.45, 7) is -0.517. The van der Waals surface area contributed by atoms with Gasteiger partial charge in [-0.05, 0) is 25.0 Å². The third-order valence-corrected chi connectivity index (χ3v) is 3.23. The van der Waals surface area contributed by atoms with Gasteiger partial charge in [0.15, 0.2) is 6.61 Å². The number of rotatable bonds is 11. The molecule has 0 spiro atoms. The summed E-state index contributed by atoms with van der Waals surface area (Å²) < 4.78 is 14.7. The van der Waals surface area contributed by atoms with Crippen LogP contribution in [-0.2, 0) is 23.9 Å². The Morgan fingerprint density at radius 3 is 2.38 bits per heavy atom. The van der Waals surface area contributed by atoms with Gasteiger partial charge in [0.25, 0.3) is 0 Å². The van der Waals surface area contributed by atoms with Crippen LogP contribution in [0.1, 0.15) is 23.2 Å². The second kappa shape index (κ2) is 12.3. The lowest BCUT2D eigenvalue weighted by atomic mass is 10.2. The summed E-state index contributed by atoms with van der Waals surface area (Å²) >= 11 is 2.94. The van der Waals surface area contributed by atoms with Gasteiger partial charge in [-0.25, -0.2) is 9.59 Å². The zero-order valence-electron chi connectivity index (χ0n) is 13.6. The van der Waals surface area contributed by atoms with Gasteiger partial charge in [0.05, 0.1) is 18.6 Å². The highest BCUT2D eigenvalue weighted by Gasteiger charge is 2.17. The van der Waals surface area contributed by atoms with E-state index in [0.717, 1.165) is 0 Å². The van der Waals surface area contributed by atoms with Gasteiger partial charge in [0, 0.05) is 0 Å². The van der Waals surface area contributed by atoms with E-state index in [9.17, 15) is 14.4 Å². The molecular weight excluding hydrogens is 418 g/mol. The number of hydrogen-bond donors (Lipinski definition) is 2. The Labute approximate surface area is 157 Å².